The molecule has 1 unspecified atom stereocenters. The highest BCUT2D eigenvalue weighted by molar-refractivity contribution is 7.99. The van der Waals surface area contributed by atoms with Gasteiger partial charge in [-0.2, -0.15) is 0 Å². The molecule has 1 saturated carbocycles. The number of rotatable bonds is 5. The molecule has 0 spiro atoms. The van der Waals surface area contributed by atoms with E-state index in [-0.39, 0.29) is 0 Å². The van der Waals surface area contributed by atoms with Crippen molar-refractivity contribution in [1.82, 2.24) is 25.5 Å². The van der Waals surface area contributed by atoms with Crippen LogP contribution >= 0.6 is 11.8 Å². The van der Waals surface area contributed by atoms with Crippen LogP contribution in [0.2, 0.25) is 0 Å². The fourth-order valence-electron chi connectivity index (χ4n) is 2.32. The molecule has 1 aliphatic carbocycles. The molecule has 0 amide bonds. The third kappa shape index (κ3) is 2.98. The van der Waals surface area contributed by atoms with Crippen LogP contribution in [0.1, 0.15) is 38.1 Å². The first kappa shape index (κ1) is 11.5. The molecule has 1 aromatic heterocycles. The molecule has 2 heterocycles. The number of piperidine rings is 1. The molecule has 1 aliphatic heterocycles. The van der Waals surface area contributed by atoms with Crippen molar-refractivity contribution in [3.63, 3.8) is 0 Å². The molecule has 17 heavy (non-hydrogen) atoms. The Morgan fingerprint density at radius 2 is 2.29 bits per heavy atom. The first-order valence-electron chi connectivity index (χ1n) is 6.55. The van der Waals surface area contributed by atoms with Gasteiger partial charge in [0.25, 0.3) is 0 Å². The largest absolute Gasteiger partial charge is 0.316 e. The Morgan fingerprint density at radius 3 is 3.06 bits per heavy atom. The first-order chi connectivity index (χ1) is 8.43. The van der Waals surface area contributed by atoms with E-state index in [4.69, 9.17) is 0 Å². The van der Waals surface area contributed by atoms with E-state index in [0.717, 1.165) is 16.8 Å². The number of hydrogen-bond donors (Lipinski definition) is 1. The molecule has 1 saturated heterocycles. The Hall–Kier alpha value is -0.620. The van der Waals surface area contributed by atoms with E-state index in [1.807, 2.05) is 16.4 Å². The van der Waals surface area contributed by atoms with Crippen molar-refractivity contribution in [1.29, 1.82) is 0 Å². The highest BCUT2D eigenvalue weighted by atomic mass is 32.2. The van der Waals surface area contributed by atoms with Crippen LogP contribution in [0.15, 0.2) is 5.16 Å². The van der Waals surface area contributed by atoms with Crippen LogP contribution in [0.5, 0.6) is 0 Å². The average molecular weight is 253 g/mol. The van der Waals surface area contributed by atoms with Crippen LogP contribution in [0, 0.1) is 5.92 Å². The van der Waals surface area contributed by atoms with Crippen LogP contribution in [0.25, 0.3) is 0 Å². The quantitative estimate of drug-likeness (QED) is 0.806. The van der Waals surface area contributed by atoms with Gasteiger partial charge >= 0.3 is 0 Å². The number of nitrogens with zero attached hydrogens (tertiary/aromatic N) is 4. The van der Waals surface area contributed by atoms with Crippen LogP contribution < -0.4 is 5.32 Å². The number of thioether (sulfide) groups is 1. The van der Waals surface area contributed by atoms with Crippen LogP contribution in [-0.4, -0.2) is 39.0 Å². The molecule has 1 aromatic rings. The molecule has 2 fully saturated rings. The maximum Gasteiger partial charge on any atom is 0.209 e. The third-order valence-electron chi connectivity index (χ3n) is 3.51. The zero-order chi connectivity index (χ0) is 11.5. The molecule has 1 N–H and O–H groups in total. The minimum absolute atomic E-state index is 0.587. The van der Waals surface area contributed by atoms with Gasteiger partial charge in [-0.3, -0.25) is 0 Å². The molecule has 1 atom stereocenters. The van der Waals surface area contributed by atoms with Gasteiger partial charge in [0, 0.05) is 5.75 Å². The topological polar surface area (TPSA) is 55.6 Å². The second-order valence-electron chi connectivity index (χ2n) is 4.99. The van der Waals surface area contributed by atoms with Gasteiger partial charge in [-0.25, -0.2) is 4.68 Å². The highest BCUT2D eigenvalue weighted by Gasteiger charge is 2.27. The maximum atomic E-state index is 4.11. The summed E-state index contributed by atoms with van der Waals surface area (Å²) in [6, 6.07) is 0.587. The van der Waals surface area contributed by atoms with Crippen molar-refractivity contribution >= 4 is 11.8 Å². The van der Waals surface area contributed by atoms with E-state index in [9.17, 15) is 0 Å². The minimum Gasteiger partial charge on any atom is -0.316 e. The van der Waals surface area contributed by atoms with Crippen LogP contribution in [-0.2, 0) is 0 Å². The summed E-state index contributed by atoms with van der Waals surface area (Å²) >= 11 is 1.81. The molecular weight excluding hydrogens is 234 g/mol. The Labute approximate surface area is 106 Å². The van der Waals surface area contributed by atoms with E-state index >= 15 is 0 Å². The van der Waals surface area contributed by atoms with Crippen molar-refractivity contribution < 1.29 is 0 Å². The number of tetrazole rings is 1. The summed E-state index contributed by atoms with van der Waals surface area (Å²) in [6.07, 6.45) is 6.46. The Bertz CT molecular complexity index is 356. The summed E-state index contributed by atoms with van der Waals surface area (Å²) in [7, 11) is 0. The summed E-state index contributed by atoms with van der Waals surface area (Å²) < 4.78 is 2.00. The summed E-state index contributed by atoms with van der Waals surface area (Å²) in [6.45, 7) is 2.39. The van der Waals surface area contributed by atoms with Gasteiger partial charge in [-0.15, -0.1) is 5.10 Å². The molecule has 2 aliphatic rings. The van der Waals surface area contributed by atoms with E-state index in [2.05, 4.69) is 20.8 Å². The van der Waals surface area contributed by atoms with Gasteiger partial charge in [0.1, 0.15) is 0 Å². The van der Waals surface area contributed by atoms with Gasteiger partial charge in [0.2, 0.25) is 5.16 Å². The second kappa shape index (κ2) is 5.35. The smallest absolute Gasteiger partial charge is 0.209 e. The zero-order valence-electron chi connectivity index (χ0n) is 10.0. The van der Waals surface area contributed by atoms with Gasteiger partial charge in [0.05, 0.1) is 6.04 Å². The summed E-state index contributed by atoms with van der Waals surface area (Å²) in [5.74, 6) is 1.99. The molecule has 6 heteroatoms. The normalized spacial score (nSPS) is 25.1. The monoisotopic (exact) mass is 253 g/mol. The Balaban J connectivity index is 1.45. The van der Waals surface area contributed by atoms with Gasteiger partial charge < -0.3 is 5.32 Å². The van der Waals surface area contributed by atoms with Crippen molar-refractivity contribution in [3.8, 4) is 0 Å². The predicted molar refractivity (Wildman–Crippen MR) is 67.0 cm³/mol. The van der Waals surface area contributed by atoms with Gasteiger partial charge in [-0.05, 0) is 61.5 Å². The van der Waals surface area contributed by atoms with Crippen molar-refractivity contribution in [2.45, 2.75) is 43.3 Å². The van der Waals surface area contributed by atoms with Crippen LogP contribution in [0.3, 0.4) is 0 Å². The lowest BCUT2D eigenvalue weighted by atomic mass is 9.97. The zero-order valence-corrected chi connectivity index (χ0v) is 10.8. The maximum absolute atomic E-state index is 4.11. The number of hydrogen-bond acceptors (Lipinski definition) is 5. The third-order valence-corrected chi connectivity index (χ3v) is 4.48. The molecule has 0 bridgehead atoms. The number of aromatic nitrogens is 4. The summed E-state index contributed by atoms with van der Waals surface area (Å²) in [4.78, 5) is 0. The summed E-state index contributed by atoms with van der Waals surface area (Å²) in [5, 5.41) is 16.4. The molecule has 0 aromatic carbocycles. The lowest BCUT2D eigenvalue weighted by molar-refractivity contribution is 0.371. The highest BCUT2D eigenvalue weighted by Crippen LogP contribution is 2.36. The Morgan fingerprint density at radius 1 is 1.35 bits per heavy atom. The van der Waals surface area contributed by atoms with E-state index in [0.29, 0.717) is 6.04 Å². The van der Waals surface area contributed by atoms with Gasteiger partial charge in [0.15, 0.2) is 0 Å². The fourth-order valence-corrected chi connectivity index (χ4v) is 3.36. The Kier molecular flexibility index (Phi) is 3.61. The molecule has 3 rings (SSSR count). The second-order valence-corrected chi connectivity index (χ2v) is 6.05. The van der Waals surface area contributed by atoms with Gasteiger partial charge in [-0.1, -0.05) is 11.8 Å². The van der Waals surface area contributed by atoms with E-state index in [1.54, 1.807) is 0 Å². The molecule has 5 nitrogen and oxygen atoms in total. The van der Waals surface area contributed by atoms with Crippen molar-refractivity contribution in [3.05, 3.63) is 0 Å². The number of nitrogens with one attached hydrogen (secondary N) is 1. The average Bonchev–Trinajstić information content (AvgIpc) is 3.11. The van der Waals surface area contributed by atoms with E-state index < -0.39 is 0 Å². The minimum atomic E-state index is 0.587. The molecule has 0 radical (unpaired) electrons. The van der Waals surface area contributed by atoms with Crippen molar-refractivity contribution in [2.24, 2.45) is 5.92 Å². The lowest BCUT2D eigenvalue weighted by Crippen LogP contribution is -2.29. The van der Waals surface area contributed by atoms with E-state index in [1.165, 1.54) is 45.2 Å². The van der Waals surface area contributed by atoms with Crippen LogP contribution in [0.4, 0.5) is 0 Å². The summed E-state index contributed by atoms with van der Waals surface area (Å²) in [5.41, 5.74) is 0. The molecule has 94 valence electrons. The fraction of sp³-hybridized carbons (Fsp3) is 0.909. The predicted octanol–water partition coefficient (Wildman–Crippen LogP) is 1.49. The van der Waals surface area contributed by atoms with Crippen molar-refractivity contribution in [2.75, 3.05) is 18.8 Å². The SMILES string of the molecule is C1CNCC(CCSc2nnnn2C2CC2)C1. The molecular formula is C11H19N5S. The first-order valence-corrected chi connectivity index (χ1v) is 7.53. The standard InChI is InChI=1S/C11H19N5S/c1-2-9(8-12-6-1)5-7-17-11-13-14-15-16(11)10-3-4-10/h9-10,12H,1-8H2. The lowest BCUT2D eigenvalue weighted by Gasteiger charge is -2.22.